The Labute approximate surface area is 182 Å². The van der Waals surface area contributed by atoms with Crippen molar-refractivity contribution in [1.82, 2.24) is 20.1 Å². The molecule has 1 aliphatic rings. The minimum Gasteiger partial charge on any atom is -0.444 e. The van der Waals surface area contributed by atoms with Gasteiger partial charge < -0.3 is 19.9 Å². The Kier molecular flexibility index (Phi) is 7.09. The first-order valence-corrected chi connectivity index (χ1v) is 10.6. The van der Waals surface area contributed by atoms with E-state index in [1.807, 2.05) is 57.2 Å². The van der Waals surface area contributed by atoms with E-state index in [9.17, 15) is 14.4 Å². The fourth-order valence-electron chi connectivity index (χ4n) is 3.33. The number of aryl methyl sites for hydroxylation is 1. The van der Waals surface area contributed by atoms with Crippen molar-refractivity contribution in [2.75, 3.05) is 32.7 Å². The summed E-state index contributed by atoms with van der Waals surface area (Å²) in [6, 6.07) is 11.8. The molecule has 1 aromatic carbocycles. The molecule has 0 unspecified atom stereocenters. The van der Waals surface area contributed by atoms with Crippen molar-refractivity contribution in [3.8, 4) is 0 Å². The highest BCUT2D eigenvalue weighted by Crippen LogP contribution is 2.13. The number of amides is 3. The van der Waals surface area contributed by atoms with Crippen molar-refractivity contribution in [2.45, 2.75) is 39.2 Å². The van der Waals surface area contributed by atoms with Gasteiger partial charge in [-0.05, 0) is 39.3 Å². The summed E-state index contributed by atoms with van der Waals surface area (Å²) in [6.07, 6.45) is 0.417. The highest BCUT2D eigenvalue weighted by atomic mass is 16.6. The lowest BCUT2D eigenvalue weighted by molar-refractivity contribution is -0.134. The van der Waals surface area contributed by atoms with Gasteiger partial charge in [-0.25, -0.2) is 4.79 Å². The molecule has 0 spiro atoms. The van der Waals surface area contributed by atoms with Gasteiger partial charge in [0.2, 0.25) is 11.8 Å². The van der Waals surface area contributed by atoms with Crippen LogP contribution in [0.3, 0.4) is 0 Å². The summed E-state index contributed by atoms with van der Waals surface area (Å²) < 4.78 is 5.36. The van der Waals surface area contributed by atoms with E-state index in [4.69, 9.17) is 4.74 Å². The summed E-state index contributed by atoms with van der Waals surface area (Å²) in [5.41, 5.74) is 1.20. The second-order valence-corrected chi connectivity index (χ2v) is 8.62. The Morgan fingerprint density at radius 1 is 1.00 bits per heavy atom. The number of fused-ring (bicyclic) bond motifs is 1. The molecule has 2 heterocycles. The average molecular weight is 427 g/mol. The number of pyridine rings is 1. The van der Waals surface area contributed by atoms with Crippen LogP contribution in [0.5, 0.6) is 0 Å². The Morgan fingerprint density at radius 3 is 2.39 bits per heavy atom. The summed E-state index contributed by atoms with van der Waals surface area (Å²) in [4.78, 5) is 44.5. The molecule has 1 saturated heterocycles. The highest BCUT2D eigenvalue weighted by Gasteiger charge is 2.27. The molecular weight excluding hydrogens is 396 g/mol. The number of nitrogens with one attached hydrogen (secondary N) is 1. The van der Waals surface area contributed by atoms with Gasteiger partial charge in [-0.3, -0.25) is 14.6 Å². The van der Waals surface area contributed by atoms with Crippen LogP contribution in [0.4, 0.5) is 4.79 Å². The van der Waals surface area contributed by atoms with Gasteiger partial charge in [0.1, 0.15) is 5.60 Å². The number of ether oxygens (including phenoxy) is 1. The first kappa shape index (κ1) is 22.5. The molecule has 3 rings (SSSR count). The minimum absolute atomic E-state index is 0.0452. The molecule has 8 nitrogen and oxygen atoms in total. The molecular formula is C23H30N4O4. The van der Waals surface area contributed by atoms with E-state index in [0.717, 1.165) is 16.6 Å². The summed E-state index contributed by atoms with van der Waals surface area (Å²) >= 11 is 0. The normalized spacial score (nSPS) is 14.4. The van der Waals surface area contributed by atoms with Gasteiger partial charge in [0.15, 0.2) is 0 Å². The number of hydrogen-bond acceptors (Lipinski definition) is 5. The zero-order valence-electron chi connectivity index (χ0n) is 18.4. The van der Waals surface area contributed by atoms with Gasteiger partial charge in [0, 0.05) is 43.7 Å². The van der Waals surface area contributed by atoms with Crippen LogP contribution in [-0.4, -0.2) is 71.0 Å². The van der Waals surface area contributed by atoms with Crippen LogP contribution >= 0.6 is 0 Å². The number of hydrogen-bond donors (Lipinski definition) is 1. The third-order valence-corrected chi connectivity index (χ3v) is 4.99. The summed E-state index contributed by atoms with van der Waals surface area (Å²) in [6.45, 7) is 7.11. The lowest BCUT2D eigenvalue weighted by atomic mass is 10.1. The Bertz CT molecular complexity index is 946. The standard InChI is InChI=1S/C23H30N4O4/c1-23(2,3)31-22(30)27-14-12-26(13-15-27)21(29)16-24-20(28)11-10-18-9-8-17-6-4-5-7-19(17)25-18/h4-9H,10-16H2,1-3H3,(H,24,28). The van der Waals surface area contributed by atoms with E-state index < -0.39 is 5.60 Å². The Morgan fingerprint density at radius 2 is 1.68 bits per heavy atom. The van der Waals surface area contributed by atoms with E-state index in [2.05, 4.69) is 10.3 Å². The van der Waals surface area contributed by atoms with Crippen LogP contribution in [0, 0.1) is 0 Å². The number of aromatic nitrogens is 1. The smallest absolute Gasteiger partial charge is 0.410 e. The summed E-state index contributed by atoms with van der Waals surface area (Å²) in [5.74, 6) is -0.336. The van der Waals surface area contributed by atoms with Crippen LogP contribution in [0.1, 0.15) is 32.9 Å². The van der Waals surface area contributed by atoms with Crippen molar-refractivity contribution < 1.29 is 19.1 Å². The van der Waals surface area contributed by atoms with Crippen molar-refractivity contribution in [3.05, 3.63) is 42.1 Å². The molecule has 1 aliphatic heterocycles. The summed E-state index contributed by atoms with van der Waals surface area (Å²) in [7, 11) is 0. The highest BCUT2D eigenvalue weighted by molar-refractivity contribution is 5.85. The number of nitrogens with zero attached hydrogens (tertiary/aromatic N) is 3. The molecule has 0 atom stereocenters. The van der Waals surface area contributed by atoms with Crippen LogP contribution in [0.15, 0.2) is 36.4 Å². The van der Waals surface area contributed by atoms with Gasteiger partial charge >= 0.3 is 6.09 Å². The third-order valence-electron chi connectivity index (χ3n) is 4.99. The molecule has 0 radical (unpaired) electrons. The molecule has 31 heavy (non-hydrogen) atoms. The molecule has 166 valence electrons. The molecule has 0 saturated carbocycles. The number of carbonyl (C=O) groups excluding carboxylic acids is 3. The predicted octanol–water partition coefficient (Wildman–Crippen LogP) is 2.36. The van der Waals surface area contributed by atoms with E-state index >= 15 is 0 Å². The number of piperazine rings is 1. The van der Waals surface area contributed by atoms with Crippen LogP contribution < -0.4 is 5.32 Å². The monoisotopic (exact) mass is 426 g/mol. The number of para-hydroxylation sites is 1. The Hall–Kier alpha value is -3.16. The zero-order valence-corrected chi connectivity index (χ0v) is 18.4. The average Bonchev–Trinajstić information content (AvgIpc) is 2.74. The van der Waals surface area contributed by atoms with Crippen LogP contribution in [0.2, 0.25) is 0 Å². The van der Waals surface area contributed by atoms with Gasteiger partial charge in [-0.1, -0.05) is 24.3 Å². The van der Waals surface area contributed by atoms with Crippen molar-refractivity contribution in [3.63, 3.8) is 0 Å². The molecule has 1 N–H and O–H groups in total. The fraction of sp³-hybridized carbons (Fsp3) is 0.478. The molecule has 8 heteroatoms. The van der Waals surface area contributed by atoms with E-state index in [1.54, 1.807) is 9.80 Å². The SMILES string of the molecule is CC(C)(C)OC(=O)N1CCN(C(=O)CNC(=O)CCc2ccc3ccccc3n2)CC1. The Balaban J connectivity index is 1.38. The lowest BCUT2D eigenvalue weighted by Gasteiger charge is -2.35. The van der Waals surface area contributed by atoms with Crippen molar-refractivity contribution in [1.29, 1.82) is 0 Å². The maximum atomic E-state index is 12.4. The second-order valence-electron chi connectivity index (χ2n) is 8.62. The number of benzene rings is 1. The lowest BCUT2D eigenvalue weighted by Crippen LogP contribution is -2.53. The van der Waals surface area contributed by atoms with Gasteiger partial charge in [0.05, 0.1) is 12.1 Å². The van der Waals surface area contributed by atoms with Gasteiger partial charge in [-0.15, -0.1) is 0 Å². The molecule has 1 aromatic heterocycles. The van der Waals surface area contributed by atoms with Crippen molar-refractivity contribution in [2.24, 2.45) is 0 Å². The fourth-order valence-corrected chi connectivity index (χ4v) is 3.33. The number of rotatable bonds is 5. The number of carbonyl (C=O) groups is 3. The van der Waals surface area contributed by atoms with E-state index in [-0.39, 0.29) is 30.9 Å². The van der Waals surface area contributed by atoms with Crippen molar-refractivity contribution >= 4 is 28.8 Å². The largest absolute Gasteiger partial charge is 0.444 e. The maximum Gasteiger partial charge on any atom is 0.410 e. The third kappa shape index (κ3) is 6.67. The molecule has 0 aliphatic carbocycles. The van der Waals surface area contributed by atoms with E-state index in [0.29, 0.717) is 32.6 Å². The molecule has 3 amide bonds. The van der Waals surface area contributed by atoms with Crippen LogP contribution in [-0.2, 0) is 20.7 Å². The molecule has 2 aromatic rings. The quantitative estimate of drug-likeness (QED) is 0.793. The predicted molar refractivity (Wildman–Crippen MR) is 117 cm³/mol. The topological polar surface area (TPSA) is 91.8 Å². The summed E-state index contributed by atoms with van der Waals surface area (Å²) in [5, 5.41) is 3.75. The van der Waals surface area contributed by atoms with Gasteiger partial charge in [0.25, 0.3) is 0 Å². The van der Waals surface area contributed by atoms with Gasteiger partial charge in [-0.2, -0.15) is 0 Å². The first-order chi connectivity index (χ1) is 14.7. The first-order valence-electron chi connectivity index (χ1n) is 10.6. The molecule has 0 bridgehead atoms. The van der Waals surface area contributed by atoms with Crippen LogP contribution in [0.25, 0.3) is 10.9 Å². The maximum absolute atomic E-state index is 12.4. The zero-order chi connectivity index (χ0) is 22.4. The van der Waals surface area contributed by atoms with E-state index in [1.165, 1.54) is 0 Å². The molecule has 1 fully saturated rings. The second kappa shape index (κ2) is 9.76. The minimum atomic E-state index is -0.545.